The first kappa shape index (κ1) is 22.1. The first-order valence-electron chi connectivity index (χ1n) is 9.98. The molecule has 4 aromatic rings. The van der Waals surface area contributed by atoms with Gasteiger partial charge >= 0.3 is 6.18 Å². The molecule has 0 aliphatic heterocycles. The molecule has 0 aliphatic carbocycles. The van der Waals surface area contributed by atoms with Gasteiger partial charge in [-0.05, 0) is 48.5 Å². The molecule has 2 amide bonds. The molecule has 0 atom stereocenters. The van der Waals surface area contributed by atoms with Gasteiger partial charge in [0.15, 0.2) is 5.43 Å². The lowest BCUT2D eigenvalue weighted by molar-refractivity contribution is -0.123. The highest BCUT2D eigenvalue weighted by Crippen LogP contribution is 2.20. The Kier molecular flexibility index (Phi) is 5.87. The zero-order valence-corrected chi connectivity index (χ0v) is 17.1. The number of nitrogens with zero attached hydrogens (tertiary/aromatic N) is 1. The van der Waals surface area contributed by atoms with Crippen molar-refractivity contribution in [3.8, 4) is 0 Å². The summed E-state index contributed by atoms with van der Waals surface area (Å²) >= 11 is 0. The fourth-order valence-corrected chi connectivity index (χ4v) is 3.58. The predicted molar refractivity (Wildman–Crippen MR) is 119 cm³/mol. The maximum atomic E-state index is 12.8. The molecule has 0 spiro atoms. The van der Waals surface area contributed by atoms with Crippen LogP contribution in [0.3, 0.4) is 0 Å². The predicted octanol–water partition coefficient (Wildman–Crippen LogP) is 4.09. The van der Waals surface area contributed by atoms with E-state index in [2.05, 4.69) is 5.32 Å². The molecule has 6 nitrogen and oxygen atoms in total. The van der Waals surface area contributed by atoms with Crippen LogP contribution in [0.4, 0.5) is 18.9 Å². The Hall–Kier alpha value is -4.14. The van der Waals surface area contributed by atoms with E-state index in [1.54, 1.807) is 58.4 Å². The third-order valence-electron chi connectivity index (χ3n) is 5.06. The first-order chi connectivity index (χ1) is 15.7. The molecule has 0 aliphatic rings. The topological polar surface area (TPSA) is 80.2 Å². The molecule has 0 saturated heterocycles. The third kappa shape index (κ3) is 4.87. The van der Waals surface area contributed by atoms with Gasteiger partial charge in [0.05, 0.1) is 11.0 Å². The molecule has 1 heterocycles. The van der Waals surface area contributed by atoms with Crippen LogP contribution in [0.1, 0.15) is 10.4 Å². The molecule has 2 N–H and O–H groups in total. The lowest BCUT2D eigenvalue weighted by atomic mass is 10.1. The second-order valence-electron chi connectivity index (χ2n) is 7.37. The maximum Gasteiger partial charge on any atom is 0.405 e. The van der Waals surface area contributed by atoms with E-state index in [9.17, 15) is 27.6 Å². The summed E-state index contributed by atoms with van der Waals surface area (Å²) in [6.45, 7) is -1.50. The molecule has 4 rings (SSSR count). The number of hydrogen-bond donors (Lipinski definition) is 2. The van der Waals surface area contributed by atoms with E-state index in [-0.39, 0.29) is 23.4 Å². The van der Waals surface area contributed by atoms with Crippen LogP contribution in [0.15, 0.2) is 77.6 Å². The number of rotatable bonds is 5. The Morgan fingerprint density at radius 1 is 0.818 bits per heavy atom. The van der Waals surface area contributed by atoms with E-state index >= 15 is 0 Å². The van der Waals surface area contributed by atoms with Crippen LogP contribution >= 0.6 is 0 Å². The number of benzene rings is 3. The van der Waals surface area contributed by atoms with Crippen molar-refractivity contribution in [1.29, 1.82) is 0 Å². The Labute approximate surface area is 185 Å². The summed E-state index contributed by atoms with van der Waals surface area (Å²) in [5.41, 5.74) is 1.54. The number of anilines is 1. The van der Waals surface area contributed by atoms with E-state index in [0.717, 1.165) is 0 Å². The number of carbonyl (C=O) groups is 2. The summed E-state index contributed by atoms with van der Waals surface area (Å²) in [5.74, 6) is -1.24. The minimum atomic E-state index is -4.50. The van der Waals surface area contributed by atoms with E-state index in [1.165, 1.54) is 24.3 Å². The number of aromatic nitrogens is 1. The van der Waals surface area contributed by atoms with Crippen molar-refractivity contribution in [2.24, 2.45) is 0 Å². The van der Waals surface area contributed by atoms with Gasteiger partial charge in [-0.25, -0.2) is 0 Å². The van der Waals surface area contributed by atoms with Gasteiger partial charge < -0.3 is 15.2 Å². The molecule has 0 saturated carbocycles. The van der Waals surface area contributed by atoms with Crippen molar-refractivity contribution in [2.45, 2.75) is 12.7 Å². The zero-order chi connectivity index (χ0) is 23.6. The molecule has 33 heavy (non-hydrogen) atoms. The van der Waals surface area contributed by atoms with E-state index in [1.807, 2.05) is 0 Å². The van der Waals surface area contributed by atoms with Gasteiger partial charge in [0.1, 0.15) is 13.1 Å². The molecule has 1 aromatic heterocycles. The van der Waals surface area contributed by atoms with Crippen molar-refractivity contribution in [3.63, 3.8) is 0 Å². The van der Waals surface area contributed by atoms with Crippen molar-refractivity contribution >= 4 is 39.3 Å². The summed E-state index contributed by atoms with van der Waals surface area (Å²) in [6.07, 6.45) is -4.50. The normalized spacial score (nSPS) is 11.5. The number of alkyl halides is 3. The van der Waals surface area contributed by atoms with Crippen LogP contribution in [0.25, 0.3) is 21.8 Å². The molecule has 9 heteroatoms. The summed E-state index contributed by atoms with van der Waals surface area (Å²) in [7, 11) is 0. The highest BCUT2D eigenvalue weighted by Gasteiger charge is 2.27. The summed E-state index contributed by atoms with van der Waals surface area (Å²) in [6, 6.07) is 19.6. The monoisotopic (exact) mass is 453 g/mol. The smallest absolute Gasteiger partial charge is 0.343 e. The number of hydrogen-bond acceptors (Lipinski definition) is 3. The van der Waals surface area contributed by atoms with Gasteiger partial charge in [0, 0.05) is 22.0 Å². The molecule has 0 radical (unpaired) electrons. The summed E-state index contributed by atoms with van der Waals surface area (Å²) in [5, 5.41) is 5.49. The third-order valence-corrected chi connectivity index (χ3v) is 5.06. The van der Waals surface area contributed by atoms with Crippen LogP contribution in [0.2, 0.25) is 0 Å². The van der Waals surface area contributed by atoms with Crippen molar-refractivity contribution in [3.05, 3.63) is 88.6 Å². The number of nitrogens with one attached hydrogen (secondary N) is 2. The van der Waals surface area contributed by atoms with E-state index in [4.69, 9.17) is 0 Å². The number of pyridine rings is 1. The number of fused-ring (bicyclic) bond motifs is 2. The Bertz CT molecular complexity index is 1350. The quantitative estimate of drug-likeness (QED) is 0.447. The van der Waals surface area contributed by atoms with Crippen molar-refractivity contribution < 1.29 is 22.8 Å². The number of amides is 2. The lowest BCUT2D eigenvalue weighted by Gasteiger charge is -2.15. The Morgan fingerprint density at radius 2 is 1.36 bits per heavy atom. The average molecular weight is 453 g/mol. The highest BCUT2D eigenvalue weighted by atomic mass is 19.4. The van der Waals surface area contributed by atoms with Crippen molar-refractivity contribution in [1.82, 2.24) is 9.88 Å². The van der Waals surface area contributed by atoms with Crippen LogP contribution < -0.4 is 16.1 Å². The van der Waals surface area contributed by atoms with Gasteiger partial charge in [0.25, 0.3) is 5.91 Å². The fourth-order valence-electron chi connectivity index (χ4n) is 3.58. The number of para-hydroxylation sites is 2. The molecule has 0 unspecified atom stereocenters. The van der Waals surface area contributed by atoms with E-state index < -0.39 is 18.6 Å². The van der Waals surface area contributed by atoms with Gasteiger partial charge in [-0.3, -0.25) is 14.4 Å². The van der Waals surface area contributed by atoms with Gasteiger partial charge in [0.2, 0.25) is 5.91 Å². The second kappa shape index (κ2) is 8.78. The molecular weight excluding hydrogens is 435 g/mol. The average Bonchev–Trinajstić information content (AvgIpc) is 2.80. The molecule has 0 bridgehead atoms. The SMILES string of the molecule is O=C(Cn1c2ccccc2c(=O)c2ccccc21)Nc1ccc(C(=O)NCC(F)(F)F)cc1. The van der Waals surface area contributed by atoms with Crippen molar-refractivity contribution in [2.75, 3.05) is 11.9 Å². The van der Waals surface area contributed by atoms with Gasteiger partial charge in [-0.2, -0.15) is 13.2 Å². The van der Waals surface area contributed by atoms with Gasteiger partial charge in [-0.1, -0.05) is 24.3 Å². The van der Waals surface area contributed by atoms with Crippen LogP contribution in [-0.2, 0) is 11.3 Å². The highest BCUT2D eigenvalue weighted by molar-refractivity contribution is 5.98. The number of halogens is 3. The molecule has 0 fully saturated rings. The first-order valence-corrected chi connectivity index (χ1v) is 9.98. The summed E-state index contributed by atoms with van der Waals surface area (Å²) < 4.78 is 38.5. The van der Waals surface area contributed by atoms with Crippen LogP contribution in [0, 0.1) is 0 Å². The Morgan fingerprint density at radius 3 is 1.91 bits per heavy atom. The molecule has 3 aromatic carbocycles. The lowest BCUT2D eigenvalue weighted by Crippen LogP contribution is -2.33. The summed E-state index contributed by atoms with van der Waals surface area (Å²) in [4.78, 5) is 37.4. The Balaban J connectivity index is 1.54. The second-order valence-corrected chi connectivity index (χ2v) is 7.37. The fraction of sp³-hybridized carbons (Fsp3) is 0.125. The van der Waals surface area contributed by atoms with E-state index in [0.29, 0.717) is 27.5 Å². The maximum absolute atomic E-state index is 12.8. The standard InChI is InChI=1S/C24H18F3N3O3/c25-24(26,27)14-28-23(33)15-9-11-16(12-10-15)29-21(31)13-30-19-7-3-1-5-17(19)22(32)18-6-2-4-8-20(18)30/h1-12H,13-14H2,(H,28,33)(H,29,31). The van der Waals surface area contributed by atoms with Crippen LogP contribution in [0.5, 0.6) is 0 Å². The van der Waals surface area contributed by atoms with Crippen LogP contribution in [-0.4, -0.2) is 29.1 Å². The zero-order valence-electron chi connectivity index (χ0n) is 17.1. The minimum Gasteiger partial charge on any atom is -0.343 e. The largest absolute Gasteiger partial charge is 0.405 e. The molecular formula is C24H18F3N3O3. The molecule has 168 valence electrons. The van der Waals surface area contributed by atoms with Gasteiger partial charge in [-0.15, -0.1) is 0 Å². The minimum absolute atomic E-state index is 0.0367. The number of carbonyl (C=O) groups excluding carboxylic acids is 2.